The summed E-state index contributed by atoms with van der Waals surface area (Å²) in [4.78, 5) is 12.3. The third kappa shape index (κ3) is 2.63. The normalized spacial score (nSPS) is 10.5. The Balaban J connectivity index is 2.33. The molecule has 1 amide bonds. The Kier molecular flexibility index (Phi) is 3.90. The van der Waals surface area contributed by atoms with Crippen LogP contribution in [-0.2, 0) is 6.54 Å². The number of nitrogen functional groups attached to an aromatic ring is 1. The minimum Gasteiger partial charge on any atom is -0.395 e. The second-order valence-corrected chi connectivity index (χ2v) is 4.95. The lowest BCUT2D eigenvalue weighted by Crippen LogP contribution is -2.19. The summed E-state index contributed by atoms with van der Waals surface area (Å²) < 4.78 is 2.43. The molecule has 0 saturated carbocycles. The van der Waals surface area contributed by atoms with Gasteiger partial charge in [0.2, 0.25) is 0 Å². The zero-order chi connectivity index (χ0) is 14.0. The molecule has 1 aromatic carbocycles. The van der Waals surface area contributed by atoms with Gasteiger partial charge in [-0.2, -0.15) is 5.10 Å². The van der Waals surface area contributed by atoms with Crippen molar-refractivity contribution in [2.24, 2.45) is 0 Å². The summed E-state index contributed by atoms with van der Waals surface area (Å²) in [7, 11) is 0. The molecule has 0 saturated heterocycles. The number of anilines is 2. The highest BCUT2D eigenvalue weighted by Gasteiger charge is 2.19. The summed E-state index contributed by atoms with van der Waals surface area (Å²) in [5.41, 5.74) is 8.11. The molecule has 0 aliphatic heterocycles. The quantitative estimate of drug-likeness (QED) is 0.912. The van der Waals surface area contributed by atoms with E-state index in [1.165, 1.54) is 0 Å². The number of hydrogen-bond donors (Lipinski definition) is 2. The number of aryl methyl sites for hydroxylation is 2. The first-order valence-corrected chi connectivity index (χ1v) is 6.72. The minimum atomic E-state index is -0.258. The summed E-state index contributed by atoms with van der Waals surface area (Å²) >= 11 is 3.39. The lowest BCUT2D eigenvalue weighted by atomic mass is 10.2. The molecule has 3 N–H and O–H groups in total. The van der Waals surface area contributed by atoms with Crippen molar-refractivity contribution >= 4 is 33.2 Å². The van der Waals surface area contributed by atoms with Gasteiger partial charge in [-0.25, -0.2) is 0 Å². The van der Waals surface area contributed by atoms with Gasteiger partial charge in [0.05, 0.1) is 17.1 Å². The highest BCUT2D eigenvalue weighted by atomic mass is 79.9. The van der Waals surface area contributed by atoms with Crippen molar-refractivity contribution in [2.45, 2.75) is 20.4 Å². The molecule has 0 atom stereocenters. The summed E-state index contributed by atoms with van der Waals surface area (Å²) in [5, 5.41) is 7.06. The number of benzene rings is 1. The first kappa shape index (κ1) is 13.6. The predicted octanol–water partition coefficient (Wildman–Crippen LogP) is 2.81. The third-order valence-electron chi connectivity index (χ3n) is 2.81. The molecule has 5 nitrogen and oxygen atoms in total. The molecule has 100 valence electrons. The van der Waals surface area contributed by atoms with Crippen LogP contribution < -0.4 is 11.1 Å². The molecular formula is C13H15BrN4O. The number of halogens is 1. The van der Waals surface area contributed by atoms with E-state index in [4.69, 9.17) is 5.73 Å². The Labute approximate surface area is 119 Å². The maximum absolute atomic E-state index is 12.3. The van der Waals surface area contributed by atoms with Crippen LogP contribution in [0.5, 0.6) is 0 Å². The van der Waals surface area contributed by atoms with E-state index in [-0.39, 0.29) is 5.91 Å². The number of hydrogen-bond acceptors (Lipinski definition) is 3. The largest absolute Gasteiger partial charge is 0.395 e. The smallest absolute Gasteiger partial charge is 0.276 e. The molecule has 0 fully saturated rings. The topological polar surface area (TPSA) is 72.9 Å². The average Bonchev–Trinajstić information content (AvgIpc) is 2.68. The first-order chi connectivity index (χ1) is 9.04. The van der Waals surface area contributed by atoms with E-state index in [0.717, 1.165) is 4.47 Å². The molecule has 1 heterocycles. The summed E-state index contributed by atoms with van der Waals surface area (Å²) in [5.74, 6) is -0.258. The molecule has 2 aromatic rings. The Morgan fingerprint density at radius 2 is 2.16 bits per heavy atom. The number of rotatable bonds is 3. The van der Waals surface area contributed by atoms with Crippen molar-refractivity contribution in [3.05, 3.63) is 40.1 Å². The fraction of sp³-hybridized carbons (Fsp3) is 0.231. The van der Waals surface area contributed by atoms with E-state index in [2.05, 4.69) is 26.3 Å². The average molecular weight is 323 g/mol. The number of carbonyl (C=O) groups excluding carboxylic acids is 1. The number of nitrogens with two attached hydrogens (primary N) is 1. The molecule has 6 heteroatoms. The van der Waals surface area contributed by atoms with E-state index in [9.17, 15) is 4.79 Å². The Morgan fingerprint density at radius 3 is 2.79 bits per heavy atom. The van der Waals surface area contributed by atoms with Crippen LogP contribution in [0.4, 0.5) is 11.4 Å². The molecule has 0 radical (unpaired) electrons. The number of carbonyl (C=O) groups is 1. The van der Waals surface area contributed by atoms with Gasteiger partial charge in [-0.1, -0.05) is 12.1 Å². The Bertz CT molecular complexity index is 621. The van der Waals surface area contributed by atoms with Gasteiger partial charge in [-0.15, -0.1) is 0 Å². The van der Waals surface area contributed by atoms with Crippen molar-refractivity contribution in [2.75, 3.05) is 11.1 Å². The van der Waals surface area contributed by atoms with E-state index in [0.29, 0.717) is 29.3 Å². The molecule has 1 aromatic heterocycles. The van der Waals surface area contributed by atoms with Crippen LogP contribution in [0, 0.1) is 6.92 Å². The molecule has 0 bridgehead atoms. The number of nitrogens with one attached hydrogen (secondary N) is 1. The van der Waals surface area contributed by atoms with Gasteiger partial charge in [-0.3, -0.25) is 9.48 Å². The maximum Gasteiger partial charge on any atom is 0.276 e. The van der Waals surface area contributed by atoms with Gasteiger partial charge < -0.3 is 11.1 Å². The van der Waals surface area contributed by atoms with E-state index < -0.39 is 0 Å². The zero-order valence-electron chi connectivity index (χ0n) is 10.8. The third-order valence-corrected chi connectivity index (χ3v) is 3.50. The highest BCUT2D eigenvalue weighted by molar-refractivity contribution is 9.10. The predicted molar refractivity (Wildman–Crippen MR) is 79.1 cm³/mol. The second-order valence-electron chi connectivity index (χ2n) is 4.10. The van der Waals surface area contributed by atoms with Gasteiger partial charge in [0.15, 0.2) is 0 Å². The van der Waals surface area contributed by atoms with Crippen LogP contribution in [0.1, 0.15) is 23.1 Å². The standard InChI is InChI=1S/C13H15BrN4O/c1-3-18-12(11(15)8(2)17-18)13(19)16-10-7-5-4-6-9(10)14/h4-7H,3,15H2,1-2H3,(H,16,19). The second kappa shape index (κ2) is 5.44. The van der Waals surface area contributed by atoms with Gasteiger partial charge in [-0.05, 0) is 41.9 Å². The van der Waals surface area contributed by atoms with E-state index in [1.807, 2.05) is 31.2 Å². The van der Waals surface area contributed by atoms with Gasteiger partial charge in [0.1, 0.15) is 5.69 Å². The molecule has 2 rings (SSSR count). The van der Waals surface area contributed by atoms with Crippen LogP contribution in [0.15, 0.2) is 28.7 Å². The van der Waals surface area contributed by atoms with Crippen LogP contribution in [0.3, 0.4) is 0 Å². The van der Waals surface area contributed by atoms with Crippen molar-refractivity contribution in [1.29, 1.82) is 0 Å². The van der Waals surface area contributed by atoms with Crippen molar-refractivity contribution in [3.8, 4) is 0 Å². The zero-order valence-corrected chi connectivity index (χ0v) is 12.4. The number of amides is 1. The number of para-hydroxylation sites is 1. The van der Waals surface area contributed by atoms with E-state index in [1.54, 1.807) is 11.6 Å². The number of nitrogens with zero attached hydrogens (tertiary/aromatic N) is 2. The lowest BCUT2D eigenvalue weighted by Gasteiger charge is -2.09. The SMILES string of the molecule is CCn1nc(C)c(N)c1C(=O)Nc1ccccc1Br. The molecule has 0 aliphatic rings. The number of aromatic nitrogens is 2. The molecule has 19 heavy (non-hydrogen) atoms. The summed E-state index contributed by atoms with van der Waals surface area (Å²) in [6, 6.07) is 7.42. The first-order valence-electron chi connectivity index (χ1n) is 5.93. The molecule has 0 spiro atoms. The fourth-order valence-corrected chi connectivity index (χ4v) is 2.19. The van der Waals surface area contributed by atoms with Crippen LogP contribution in [0.25, 0.3) is 0 Å². The lowest BCUT2D eigenvalue weighted by molar-refractivity contribution is 0.101. The van der Waals surface area contributed by atoms with Crippen molar-refractivity contribution < 1.29 is 4.79 Å². The molecule has 0 unspecified atom stereocenters. The van der Waals surface area contributed by atoms with Crippen molar-refractivity contribution in [1.82, 2.24) is 9.78 Å². The summed E-state index contributed by atoms with van der Waals surface area (Å²) in [6.45, 7) is 4.30. The van der Waals surface area contributed by atoms with Crippen LogP contribution in [0.2, 0.25) is 0 Å². The molecule has 0 aliphatic carbocycles. The van der Waals surface area contributed by atoms with Gasteiger partial charge in [0.25, 0.3) is 5.91 Å². The van der Waals surface area contributed by atoms with E-state index >= 15 is 0 Å². The monoisotopic (exact) mass is 322 g/mol. The van der Waals surface area contributed by atoms with Crippen LogP contribution >= 0.6 is 15.9 Å². The molecular weight excluding hydrogens is 308 g/mol. The van der Waals surface area contributed by atoms with Gasteiger partial charge >= 0.3 is 0 Å². The van der Waals surface area contributed by atoms with Gasteiger partial charge in [0, 0.05) is 11.0 Å². The Hall–Kier alpha value is -1.82. The maximum atomic E-state index is 12.3. The van der Waals surface area contributed by atoms with Crippen LogP contribution in [-0.4, -0.2) is 15.7 Å². The minimum absolute atomic E-state index is 0.258. The Morgan fingerprint density at radius 1 is 1.47 bits per heavy atom. The summed E-state index contributed by atoms with van der Waals surface area (Å²) in [6.07, 6.45) is 0. The fourth-order valence-electron chi connectivity index (χ4n) is 1.81. The van der Waals surface area contributed by atoms with Crippen molar-refractivity contribution in [3.63, 3.8) is 0 Å². The highest BCUT2D eigenvalue weighted by Crippen LogP contribution is 2.23.